The minimum atomic E-state index is 0.843. The van der Waals surface area contributed by atoms with Gasteiger partial charge in [-0.1, -0.05) is 0 Å². The summed E-state index contributed by atoms with van der Waals surface area (Å²) in [5, 5.41) is 0. The SMILES string of the molecule is Cc1nc2[nH]c(C)nc2[nH]1. The molecular weight excluding hydrogens is 128 g/mol. The van der Waals surface area contributed by atoms with Crippen molar-refractivity contribution in [3.05, 3.63) is 11.6 Å². The van der Waals surface area contributed by atoms with E-state index in [0.717, 1.165) is 22.9 Å². The molecule has 0 bridgehead atoms. The van der Waals surface area contributed by atoms with E-state index in [1.54, 1.807) is 0 Å². The average molecular weight is 136 g/mol. The van der Waals surface area contributed by atoms with E-state index in [1.807, 2.05) is 13.8 Å². The average Bonchev–Trinajstić information content (AvgIpc) is 2.21. The molecule has 0 radical (unpaired) electrons. The molecule has 4 heteroatoms. The Kier molecular flexibility index (Phi) is 0.869. The van der Waals surface area contributed by atoms with Crippen LogP contribution in [0.25, 0.3) is 11.3 Å². The number of fused-ring (bicyclic) bond motifs is 1. The van der Waals surface area contributed by atoms with Gasteiger partial charge < -0.3 is 9.97 Å². The highest BCUT2D eigenvalue weighted by Gasteiger charge is 2.01. The summed E-state index contributed by atoms with van der Waals surface area (Å²) in [7, 11) is 0. The lowest BCUT2D eigenvalue weighted by Gasteiger charge is -1.77. The van der Waals surface area contributed by atoms with Crippen molar-refractivity contribution in [2.45, 2.75) is 13.8 Å². The molecule has 0 aliphatic carbocycles. The summed E-state index contributed by atoms with van der Waals surface area (Å²) >= 11 is 0. The Balaban J connectivity index is 2.83. The molecule has 10 heavy (non-hydrogen) atoms. The fraction of sp³-hybridized carbons (Fsp3) is 0.333. The van der Waals surface area contributed by atoms with Crippen molar-refractivity contribution in [2.24, 2.45) is 0 Å². The zero-order valence-electron chi connectivity index (χ0n) is 5.89. The zero-order valence-corrected chi connectivity index (χ0v) is 5.89. The molecule has 2 aromatic rings. The number of aromatic amines is 2. The molecule has 0 amide bonds. The molecule has 0 aromatic carbocycles. The second-order valence-corrected chi connectivity index (χ2v) is 2.34. The molecule has 2 aromatic heterocycles. The summed E-state index contributed by atoms with van der Waals surface area (Å²) in [6.45, 7) is 3.82. The normalized spacial score (nSPS) is 11.0. The third-order valence-corrected chi connectivity index (χ3v) is 1.38. The van der Waals surface area contributed by atoms with Gasteiger partial charge >= 0.3 is 0 Å². The molecule has 0 aliphatic heterocycles. The Bertz CT molecular complexity index is 294. The van der Waals surface area contributed by atoms with E-state index in [-0.39, 0.29) is 0 Å². The number of aryl methyl sites for hydroxylation is 2. The van der Waals surface area contributed by atoms with Crippen molar-refractivity contribution in [1.82, 2.24) is 19.9 Å². The van der Waals surface area contributed by atoms with Gasteiger partial charge in [0.2, 0.25) is 0 Å². The van der Waals surface area contributed by atoms with Crippen LogP contribution in [-0.4, -0.2) is 19.9 Å². The maximum atomic E-state index is 4.16. The number of H-pyrrole nitrogens is 2. The van der Waals surface area contributed by atoms with Gasteiger partial charge in [-0.15, -0.1) is 0 Å². The molecule has 0 saturated carbocycles. The van der Waals surface area contributed by atoms with Gasteiger partial charge in [0.25, 0.3) is 0 Å². The number of imidazole rings is 2. The van der Waals surface area contributed by atoms with Crippen molar-refractivity contribution in [3.63, 3.8) is 0 Å². The van der Waals surface area contributed by atoms with Gasteiger partial charge in [-0.25, -0.2) is 9.97 Å². The zero-order chi connectivity index (χ0) is 7.14. The Morgan fingerprint density at radius 3 is 1.70 bits per heavy atom. The predicted octanol–water partition coefficient (Wildman–Crippen LogP) is 0.903. The van der Waals surface area contributed by atoms with Gasteiger partial charge in [0.15, 0.2) is 11.3 Å². The largest absolute Gasteiger partial charge is 0.325 e. The minimum Gasteiger partial charge on any atom is -0.325 e. The first-order valence-corrected chi connectivity index (χ1v) is 3.14. The number of nitrogens with one attached hydrogen (secondary N) is 2. The fourth-order valence-corrected chi connectivity index (χ4v) is 1.01. The smallest absolute Gasteiger partial charge is 0.176 e. The van der Waals surface area contributed by atoms with E-state index in [9.17, 15) is 0 Å². The number of rotatable bonds is 0. The molecule has 4 nitrogen and oxygen atoms in total. The summed E-state index contributed by atoms with van der Waals surface area (Å²) in [6.07, 6.45) is 0. The molecule has 0 aliphatic rings. The molecule has 0 unspecified atom stereocenters. The fourth-order valence-electron chi connectivity index (χ4n) is 1.01. The molecular formula is C6H8N4. The third-order valence-electron chi connectivity index (χ3n) is 1.38. The molecule has 2 N–H and O–H groups in total. The summed E-state index contributed by atoms with van der Waals surface area (Å²) in [5.74, 6) is 1.79. The number of hydrogen-bond acceptors (Lipinski definition) is 2. The summed E-state index contributed by atoms with van der Waals surface area (Å²) in [5.41, 5.74) is 1.69. The Hall–Kier alpha value is -1.32. The number of hydrogen-bond donors (Lipinski definition) is 2. The van der Waals surface area contributed by atoms with Crippen LogP contribution >= 0.6 is 0 Å². The minimum absolute atomic E-state index is 0.843. The third kappa shape index (κ3) is 0.618. The Morgan fingerprint density at radius 1 is 0.900 bits per heavy atom. The molecule has 2 rings (SSSR count). The summed E-state index contributed by atoms with van der Waals surface area (Å²) in [6, 6.07) is 0. The van der Waals surface area contributed by atoms with E-state index in [4.69, 9.17) is 0 Å². The standard InChI is InChI=1S/C6H8N4/c1-3-7-5-6(8-3)10-4(2)9-5/h1-2H3,(H,7,8)(H,9,10). The van der Waals surface area contributed by atoms with Gasteiger partial charge in [0, 0.05) is 0 Å². The molecule has 52 valence electrons. The number of aromatic nitrogens is 4. The summed E-state index contributed by atoms with van der Waals surface area (Å²) in [4.78, 5) is 14.4. The van der Waals surface area contributed by atoms with Crippen LogP contribution in [0.15, 0.2) is 0 Å². The van der Waals surface area contributed by atoms with E-state index in [1.165, 1.54) is 0 Å². The van der Waals surface area contributed by atoms with Crippen molar-refractivity contribution >= 4 is 11.3 Å². The first kappa shape index (κ1) is 5.46. The van der Waals surface area contributed by atoms with Crippen LogP contribution < -0.4 is 0 Å². The summed E-state index contributed by atoms with van der Waals surface area (Å²) < 4.78 is 0. The van der Waals surface area contributed by atoms with Gasteiger partial charge in [-0.3, -0.25) is 0 Å². The van der Waals surface area contributed by atoms with Gasteiger partial charge in [0.05, 0.1) is 0 Å². The Labute approximate surface area is 57.7 Å². The highest BCUT2D eigenvalue weighted by Crippen LogP contribution is 2.05. The molecule has 0 saturated heterocycles. The van der Waals surface area contributed by atoms with Crippen LogP contribution in [0.1, 0.15) is 11.6 Å². The molecule has 2 heterocycles. The molecule has 0 atom stereocenters. The second kappa shape index (κ2) is 1.59. The van der Waals surface area contributed by atoms with Crippen LogP contribution in [0.5, 0.6) is 0 Å². The second-order valence-electron chi connectivity index (χ2n) is 2.34. The maximum Gasteiger partial charge on any atom is 0.176 e. The first-order chi connectivity index (χ1) is 4.75. The van der Waals surface area contributed by atoms with E-state index in [2.05, 4.69) is 19.9 Å². The highest BCUT2D eigenvalue weighted by molar-refractivity contribution is 5.66. The van der Waals surface area contributed by atoms with E-state index < -0.39 is 0 Å². The van der Waals surface area contributed by atoms with Crippen molar-refractivity contribution in [3.8, 4) is 0 Å². The number of nitrogens with zero attached hydrogens (tertiary/aromatic N) is 2. The lowest BCUT2D eigenvalue weighted by atomic mass is 10.7. The van der Waals surface area contributed by atoms with Crippen LogP contribution in [0, 0.1) is 13.8 Å². The topological polar surface area (TPSA) is 57.4 Å². The van der Waals surface area contributed by atoms with Crippen molar-refractivity contribution < 1.29 is 0 Å². The first-order valence-electron chi connectivity index (χ1n) is 3.14. The van der Waals surface area contributed by atoms with Gasteiger partial charge in [0.1, 0.15) is 11.6 Å². The van der Waals surface area contributed by atoms with Crippen LogP contribution in [-0.2, 0) is 0 Å². The predicted molar refractivity (Wildman–Crippen MR) is 37.7 cm³/mol. The lowest BCUT2D eigenvalue weighted by Crippen LogP contribution is -1.76. The van der Waals surface area contributed by atoms with E-state index in [0.29, 0.717) is 0 Å². The van der Waals surface area contributed by atoms with Crippen LogP contribution in [0.2, 0.25) is 0 Å². The molecule has 0 spiro atoms. The molecule has 0 fully saturated rings. The van der Waals surface area contributed by atoms with Crippen molar-refractivity contribution in [1.29, 1.82) is 0 Å². The quantitative estimate of drug-likeness (QED) is 0.565. The van der Waals surface area contributed by atoms with Gasteiger partial charge in [-0.05, 0) is 13.8 Å². The van der Waals surface area contributed by atoms with E-state index >= 15 is 0 Å². The van der Waals surface area contributed by atoms with Gasteiger partial charge in [-0.2, -0.15) is 0 Å². The van der Waals surface area contributed by atoms with Crippen molar-refractivity contribution in [2.75, 3.05) is 0 Å². The lowest BCUT2D eigenvalue weighted by molar-refractivity contribution is 1.09. The highest BCUT2D eigenvalue weighted by atomic mass is 15.1. The monoisotopic (exact) mass is 136 g/mol. The van der Waals surface area contributed by atoms with Crippen LogP contribution in [0.3, 0.4) is 0 Å². The van der Waals surface area contributed by atoms with Crippen LogP contribution in [0.4, 0.5) is 0 Å². The Morgan fingerprint density at radius 2 is 1.30 bits per heavy atom. The maximum absolute atomic E-state index is 4.16.